The normalized spacial score (nSPS) is 18.8. The van der Waals surface area contributed by atoms with Crippen LogP contribution in [0, 0.1) is 11.3 Å². The third-order valence-corrected chi connectivity index (χ3v) is 7.36. The van der Waals surface area contributed by atoms with E-state index in [1.54, 1.807) is 17.0 Å². The van der Waals surface area contributed by atoms with Crippen LogP contribution in [0.5, 0.6) is 0 Å². The Balaban J connectivity index is 1.83. The van der Waals surface area contributed by atoms with Crippen molar-refractivity contribution in [3.8, 4) is 6.07 Å². The van der Waals surface area contributed by atoms with E-state index in [4.69, 9.17) is 23.1 Å². The number of anilines is 1. The summed E-state index contributed by atoms with van der Waals surface area (Å²) in [6.45, 7) is 0. The Bertz CT molecular complexity index is 1170. The molecule has 0 radical (unpaired) electrons. The van der Waals surface area contributed by atoms with Crippen molar-refractivity contribution >= 4 is 51.5 Å². The van der Waals surface area contributed by atoms with E-state index in [2.05, 4.69) is 16.3 Å². The zero-order valence-electron chi connectivity index (χ0n) is 16.2. The number of nitrogens with zero attached hydrogens (tertiary/aromatic N) is 4. The van der Waals surface area contributed by atoms with Gasteiger partial charge >= 0.3 is 0 Å². The van der Waals surface area contributed by atoms with Gasteiger partial charge in [-0.3, -0.25) is 14.5 Å². The van der Waals surface area contributed by atoms with E-state index in [0.717, 1.165) is 11.3 Å². The van der Waals surface area contributed by atoms with Crippen LogP contribution >= 0.6 is 34.7 Å². The molecule has 2 heterocycles. The summed E-state index contributed by atoms with van der Waals surface area (Å²) in [5.41, 5.74) is 14.0. The van der Waals surface area contributed by atoms with Crippen LogP contribution in [0.2, 0.25) is 5.02 Å². The molecule has 31 heavy (non-hydrogen) atoms. The van der Waals surface area contributed by atoms with Crippen LogP contribution in [-0.4, -0.2) is 27.6 Å². The molecule has 11 heteroatoms. The average molecular weight is 473 g/mol. The molecule has 1 amide bonds. The summed E-state index contributed by atoms with van der Waals surface area (Å²) < 4.78 is 0.546. The molecule has 0 saturated heterocycles. The average Bonchev–Trinajstić information content (AvgIpc) is 3.21. The molecule has 1 aliphatic carbocycles. The number of carbonyl (C=O) groups is 2. The number of Topliss-reactive ketones (excluding diaryl/α,β-unsaturated/α-hetero) is 1. The van der Waals surface area contributed by atoms with Crippen LogP contribution in [0.15, 0.2) is 51.3 Å². The quantitative estimate of drug-likeness (QED) is 0.633. The van der Waals surface area contributed by atoms with Gasteiger partial charge in [0.2, 0.25) is 11.0 Å². The molecule has 0 bridgehead atoms. The molecule has 8 nitrogen and oxygen atoms in total. The minimum atomic E-state index is -0.557. The molecular weight excluding hydrogens is 456 g/mol. The lowest BCUT2D eigenvalue weighted by atomic mass is 9.76. The summed E-state index contributed by atoms with van der Waals surface area (Å²) in [5.74, 6) is -0.732. The first-order valence-corrected chi connectivity index (χ1v) is 11.5. The van der Waals surface area contributed by atoms with Crippen LogP contribution in [0.3, 0.4) is 0 Å². The largest absolute Gasteiger partial charge is 0.384 e. The lowest BCUT2D eigenvalue weighted by Crippen LogP contribution is -2.38. The molecule has 0 saturated carbocycles. The Labute approximate surface area is 191 Å². The third kappa shape index (κ3) is 4.04. The Hall–Kier alpha value is -2.87. The number of halogens is 1. The van der Waals surface area contributed by atoms with Gasteiger partial charge in [-0.1, -0.05) is 46.8 Å². The fraction of sp³-hybridized carbons (Fsp3) is 0.250. The topological polar surface area (TPSA) is 139 Å². The summed E-state index contributed by atoms with van der Waals surface area (Å²) >= 11 is 8.43. The Morgan fingerprint density at radius 1 is 1.32 bits per heavy atom. The highest BCUT2D eigenvalue weighted by atomic mass is 35.5. The summed E-state index contributed by atoms with van der Waals surface area (Å²) in [6.07, 6.45) is 1.71. The van der Waals surface area contributed by atoms with Gasteiger partial charge in [0.05, 0.1) is 23.3 Å². The molecule has 2 aliphatic rings. The Morgan fingerprint density at radius 3 is 2.74 bits per heavy atom. The smallest absolute Gasteiger partial charge is 0.227 e. The number of thioether (sulfide) groups is 1. The maximum atomic E-state index is 13.0. The van der Waals surface area contributed by atoms with E-state index in [-0.39, 0.29) is 22.9 Å². The van der Waals surface area contributed by atoms with Crippen LogP contribution in [0.25, 0.3) is 0 Å². The minimum Gasteiger partial charge on any atom is -0.384 e. The predicted molar refractivity (Wildman–Crippen MR) is 119 cm³/mol. The first kappa shape index (κ1) is 21.4. The van der Waals surface area contributed by atoms with E-state index >= 15 is 0 Å². The van der Waals surface area contributed by atoms with Gasteiger partial charge in [0.15, 0.2) is 10.1 Å². The van der Waals surface area contributed by atoms with Gasteiger partial charge in [0, 0.05) is 22.7 Å². The van der Waals surface area contributed by atoms with Crippen molar-refractivity contribution in [1.82, 2.24) is 10.2 Å². The number of ketones is 1. The maximum absolute atomic E-state index is 13.0. The molecule has 158 valence electrons. The third-order valence-electron chi connectivity index (χ3n) is 5.04. The van der Waals surface area contributed by atoms with Gasteiger partial charge in [0.1, 0.15) is 5.82 Å². The summed E-state index contributed by atoms with van der Waals surface area (Å²) in [6, 6.07) is 9.28. The number of nitriles is 1. The number of hydrogen-bond acceptors (Lipinski definition) is 9. The van der Waals surface area contributed by atoms with Gasteiger partial charge in [-0.15, -0.1) is 10.2 Å². The SMILES string of the molecule is N#CC1=C(N)N(c2nnc(SCC(N)=O)s2)C2=C(C(=O)CCC2)C1c1ccc(Cl)cc1. The Kier molecular flexibility index (Phi) is 6.00. The maximum Gasteiger partial charge on any atom is 0.227 e. The number of nitrogens with two attached hydrogens (primary N) is 2. The van der Waals surface area contributed by atoms with Crippen LogP contribution in [0.4, 0.5) is 5.13 Å². The second kappa shape index (κ2) is 8.70. The fourth-order valence-electron chi connectivity index (χ4n) is 3.78. The number of carbonyl (C=O) groups excluding carboxylic acids is 2. The summed E-state index contributed by atoms with van der Waals surface area (Å²) in [4.78, 5) is 25.8. The number of hydrogen-bond donors (Lipinski definition) is 2. The van der Waals surface area contributed by atoms with Gasteiger partial charge in [-0.2, -0.15) is 5.26 Å². The van der Waals surface area contributed by atoms with Gasteiger partial charge in [-0.25, -0.2) is 0 Å². The molecular formula is C20H17ClN6O2S2. The zero-order valence-corrected chi connectivity index (χ0v) is 18.6. The van der Waals surface area contributed by atoms with Crippen molar-refractivity contribution in [2.75, 3.05) is 10.7 Å². The van der Waals surface area contributed by atoms with Crippen molar-refractivity contribution in [3.05, 3.63) is 57.5 Å². The van der Waals surface area contributed by atoms with Gasteiger partial charge in [0.25, 0.3) is 0 Å². The lowest BCUT2D eigenvalue weighted by molar-refractivity contribution is -0.116. The summed E-state index contributed by atoms with van der Waals surface area (Å²) in [7, 11) is 0. The van der Waals surface area contributed by atoms with E-state index in [0.29, 0.717) is 39.3 Å². The highest BCUT2D eigenvalue weighted by Crippen LogP contribution is 2.47. The van der Waals surface area contributed by atoms with E-state index in [1.165, 1.54) is 23.1 Å². The van der Waals surface area contributed by atoms with Crippen molar-refractivity contribution in [2.45, 2.75) is 29.5 Å². The molecule has 1 aromatic heterocycles. The molecule has 1 unspecified atom stereocenters. The number of aromatic nitrogens is 2. The first-order chi connectivity index (χ1) is 14.9. The summed E-state index contributed by atoms with van der Waals surface area (Å²) in [5, 5.41) is 19.3. The minimum absolute atomic E-state index is 0.0145. The van der Waals surface area contributed by atoms with Crippen LogP contribution in [0.1, 0.15) is 30.7 Å². The highest BCUT2D eigenvalue weighted by molar-refractivity contribution is 8.01. The number of allylic oxidation sites excluding steroid dienone is 3. The Morgan fingerprint density at radius 2 is 2.06 bits per heavy atom. The van der Waals surface area contributed by atoms with Gasteiger partial charge < -0.3 is 11.5 Å². The van der Waals surface area contributed by atoms with Crippen molar-refractivity contribution in [2.24, 2.45) is 11.5 Å². The number of amides is 1. The second-order valence-corrected chi connectivity index (χ2v) is 9.59. The highest BCUT2D eigenvalue weighted by Gasteiger charge is 2.41. The predicted octanol–water partition coefficient (Wildman–Crippen LogP) is 3.07. The molecule has 1 atom stereocenters. The first-order valence-electron chi connectivity index (χ1n) is 9.37. The van der Waals surface area contributed by atoms with E-state index < -0.39 is 11.8 Å². The second-order valence-electron chi connectivity index (χ2n) is 6.97. The molecule has 0 spiro atoms. The number of benzene rings is 1. The molecule has 1 aromatic carbocycles. The fourth-order valence-corrected chi connectivity index (χ4v) is 5.52. The van der Waals surface area contributed by atoms with Crippen LogP contribution < -0.4 is 16.4 Å². The molecule has 4 N–H and O–H groups in total. The zero-order chi connectivity index (χ0) is 22.1. The molecule has 4 rings (SSSR count). The number of primary amides is 1. The molecule has 1 aliphatic heterocycles. The lowest BCUT2D eigenvalue weighted by Gasteiger charge is -2.38. The van der Waals surface area contributed by atoms with E-state index in [1.807, 2.05) is 12.1 Å². The molecule has 0 fully saturated rings. The number of rotatable bonds is 5. The monoisotopic (exact) mass is 472 g/mol. The molecule has 2 aromatic rings. The standard InChI is InChI=1S/C20H17ClN6O2S2/c21-11-6-4-10(5-7-11)16-12(8-22)18(24)27(13-2-1-3-14(28)17(13)16)19-25-26-20(31-19)30-9-15(23)29/h4-7,16H,1-3,9,24H2,(H2,23,29). The van der Waals surface area contributed by atoms with Crippen molar-refractivity contribution < 1.29 is 9.59 Å². The van der Waals surface area contributed by atoms with Gasteiger partial charge in [-0.05, 0) is 30.5 Å². The van der Waals surface area contributed by atoms with Crippen molar-refractivity contribution in [3.63, 3.8) is 0 Å². The van der Waals surface area contributed by atoms with E-state index in [9.17, 15) is 14.9 Å². The van der Waals surface area contributed by atoms with Crippen molar-refractivity contribution in [1.29, 1.82) is 5.26 Å². The van der Waals surface area contributed by atoms with Crippen LogP contribution in [-0.2, 0) is 9.59 Å².